The first-order chi connectivity index (χ1) is 11.1. The Balaban J connectivity index is 1.69. The van der Waals surface area contributed by atoms with Crippen LogP contribution in [-0.4, -0.2) is 20.9 Å². The molecule has 1 heterocycles. The zero-order valence-corrected chi connectivity index (χ0v) is 13.2. The maximum absolute atomic E-state index is 12.1. The number of aromatic nitrogens is 3. The Hall–Kier alpha value is -2.57. The number of halogens is 2. The second kappa shape index (κ2) is 6.68. The van der Waals surface area contributed by atoms with Crippen molar-refractivity contribution in [1.82, 2.24) is 20.4 Å². The molecule has 116 valence electrons. The predicted molar refractivity (Wildman–Crippen MR) is 88.9 cm³/mol. The van der Waals surface area contributed by atoms with Crippen LogP contribution in [0.3, 0.4) is 0 Å². The van der Waals surface area contributed by atoms with Gasteiger partial charge < -0.3 is 0 Å². The van der Waals surface area contributed by atoms with E-state index >= 15 is 0 Å². The van der Waals surface area contributed by atoms with Gasteiger partial charge in [-0.3, -0.25) is 15.6 Å². The lowest BCUT2D eigenvalue weighted by Crippen LogP contribution is -2.29. The lowest BCUT2D eigenvalue weighted by atomic mass is 10.3. The maximum atomic E-state index is 12.1. The molecule has 3 rings (SSSR count). The Kier molecular flexibility index (Phi) is 4.45. The number of nitrogens with zero attached hydrogens (tertiary/aromatic N) is 3. The Morgan fingerprint density at radius 1 is 1.04 bits per heavy atom. The summed E-state index contributed by atoms with van der Waals surface area (Å²) in [6.07, 6.45) is 1.50. The van der Waals surface area contributed by atoms with Crippen molar-refractivity contribution in [2.24, 2.45) is 0 Å². The molecule has 0 aliphatic carbocycles. The highest BCUT2D eigenvalue weighted by Gasteiger charge is 2.12. The second-order valence-corrected chi connectivity index (χ2v) is 5.43. The zero-order valence-electron chi connectivity index (χ0n) is 11.7. The average Bonchev–Trinajstić information content (AvgIpc) is 3.04. The minimum Gasteiger partial charge on any atom is -0.298 e. The molecule has 1 amide bonds. The quantitative estimate of drug-likeness (QED) is 0.710. The van der Waals surface area contributed by atoms with Crippen molar-refractivity contribution in [3.05, 3.63) is 70.5 Å². The number of nitrogens with one attached hydrogen (secondary N) is 2. The number of anilines is 1. The van der Waals surface area contributed by atoms with E-state index in [4.69, 9.17) is 23.2 Å². The SMILES string of the molecule is O=C(NNc1ccc(Cl)cc1)c1cn(-c2ccccc2Cl)nn1. The number of rotatable bonds is 4. The lowest BCUT2D eigenvalue weighted by Gasteiger charge is -2.06. The number of hydrazine groups is 1. The lowest BCUT2D eigenvalue weighted by molar-refractivity contribution is 0.0957. The zero-order chi connectivity index (χ0) is 16.2. The summed E-state index contributed by atoms with van der Waals surface area (Å²) >= 11 is 11.9. The molecule has 0 radical (unpaired) electrons. The van der Waals surface area contributed by atoms with E-state index in [0.29, 0.717) is 21.4 Å². The van der Waals surface area contributed by atoms with Crippen molar-refractivity contribution in [3.8, 4) is 5.69 Å². The molecule has 0 spiro atoms. The molecule has 0 unspecified atom stereocenters. The van der Waals surface area contributed by atoms with Gasteiger partial charge in [-0.05, 0) is 36.4 Å². The summed E-state index contributed by atoms with van der Waals surface area (Å²) in [5.41, 5.74) is 6.80. The molecule has 2 aromatic carbocycles. The van der Waals surface area contributed by atoms with Gasteiger partial charge in [-0.2, -0.15) is 0 Å². The number of benzene rings is 2. The summed E-state index contributed by atoms with van der Waals surface area (Å²) in [6, 6.07) is 14.1. The minimum atomic E-state index is -0.418. The van der Waals surface area contributed by atoms with Crippen molar-refractivity contribution < 1.29 is 4.79 Å². The number of carbonyl (C=O) groups excluding carboxylic acids is 1. The van der Waals surface area contributed by atoms with Gasteiger partial charge in [-0.25, -0.2) is 4.68 Å². The third kappa shape index (κ3) is 3.61. The molecule has 0 saturated heterocycles. The highest BCUT2D eigenvalue weighted by atomic mass is 35.5. The summed E-state index contributed by atoms with van der Waals surface area (Å²) in [6.45, 7) is 0. The molecular formula is C15H11Cl2N5O. The van der Waals surface area contributed by atoms with Crippen molar-refractivity contribution in [2.45, 2.75) is 0 Å². The molecule has 0 atom stereocenters. The molecule has 23 heavy (non-hydrogen) atoms. The number of hydrogen-bond donors (Lipinski definition) is 2. The fourth-order valence-electron chi connectivity index (χ4n) is 1.85. The Labute approximate surface area is 142 Å². The summed E-state index contributed by atoms with van der Waals surface area (Å²) in [5.74, 6) is -0.418. The Morgan fingerprint density at radius 3 is 2.52 bits per heavy atom. The first kappa shape index (κ1) is 15.3. The van der Waals surface area contributed by atoms with Crippen LogP contribution in [0.1, 0.15) is 10.5 Å². The van der Waals surface area contributed by atoms with Gasteiger partial charge in [0.1, 0.15) is 0 Å². The molecule has 8 heteroatoms. The van der Waals surface area contributed by atoms with Crippen LogP contribution in [0.4, 0.5) is 5.69 Å². The fraction of sp³-hybridized carbons (Fsp3) is 0. The first-order valence-electron chi connectivity index (χ1n) is 6.62. The fourth-order valence-corrected chi connectivity index (χ4v) is 2.20. The third-order valence-corrected chi connectivity index (χ3v) is 3.56. The normalized spacial score (nSPS) is 10.3. The summed E-state index contributed by atoms with van der Waals surface area (Å²) in [7, 11) is 0. The predicted octanol–water partition coefficient (Wildman–Crippen LogP) is 3.33. The smallest absolute Gasteiger partial charge is 0.291 e. The Bertz CT molecular complexity index is 832. The molecule has 0 aliphatic heterocycles. The van der Waals surface area contributed by atoms with Gasteiger partial charge in [0.25, 0.3) is 5.91 Å². The van der Waals surface area contributed by atoms with E-state index in [-0.39, 0.29) is 5.69 Å². The van der Waals surface area contributed by atoms with Crippen LogP contribution in [0, 0.1) is 0 Å². The second-order valence-electron chi connectivity index (χ2n) is 4.59. The van der Waals surface area contributed by atoms with Crippen LogP contribution in [0.15, 0.2) is 54.7 Å². The molecule has 6 nitrogen and oxygen atoms in total. The molecule has 2 N–H and O–H groups in total. The standard InChI is InChI=1S/C15H11Cl2N5O/c16-10-5-7-11(8-6-10)18-20-15(23)13-9-22(21-19-13)14-4-2-1-3-12(14)17/h1-9,18H,(H,20,23). The largest absolute Gasteiger partial charge is 0.298 e. The van der Waals surface area contributed by atoms with Crippen LogP contribution in [-0.2, 0) is 0 Å². The summed E-state index contributed by atoms with van der Waals surface area (Å²) in [5, 5.41) is 8.88. The van der Waals surface area contributed by atoms with Crippen molar-refractivity contribution in [2.75, 3.05) is 5.43 Å². The van der Waals surface area contributed by atoms with E-state index in [1.807, 2.05) is 12.1 Å². The van der Waals surface area contributed by atoms with Crippen molar-refractivity contribution in [3.63, 3.8) is 0 Å². The monoisotopic (exact) mass is 347 g/mol. The van der Waals surface area contributed by atoms with Crippen LogP contribution in [0.2, 0.25) is 10.0 Å². The van der Waals surface area contributed by atoms with Gasteiger partial charge in [0.15, 0.2) is 5.69 Å². The molecule has 0 aliphatic rings. The van der Waals surface area contributed by atoms with Gasteiger partial charge in [0, 0.05) is 5.02 Å². The van der Waals surface area contributed by atoms with Crippen LogP contribution in [0.25, 0.3) is 5.69 Å². The topological polar surface area (TPSA) is 71.8 Å². The summed E-state index contributed by atoms with van der Waals surface area (Å²) < 4.78 is 1.44. The molecule has 0 fully saturated rings. The van der Waals surface area contributed by atoms with E-state index in [9.17, 15) is 4.79 Å². The van der Waals surface area contributed by atoms with Crippen LogP contribution in [0.5, 0.6) is 0 Å². The highest BCUT2D eigenvalue weighted by molar-refractivity contribution is 6.32. The van der Waals surface area contributed by atoms with Crippen LogP contribution >= 0.6 is 23.2 Å². The van der Waals surface area contributed by atoms with E-state index in [1.165, 1.54) is 10.9 Å². The third-order valence-electron chi connectivity index (χ3n) is 2.99. The summed E-state index contributed by atoms with van der Waals surface area (Å²) in [4.78, 5) is 12.1. The van der Waals surface area contributed by atoms with Gasteiger partial charge >= 0.3 is 0 Å². The number of hydrogen-bond acceptors (Lipinski definition) is 4. The van der Waals surface area contributed by atoms with Crippen molar-refractivity contribution in [1.29, 1.82) is 0 Å². The van der Waals surface area contributed by atoms with Gasteiger partial charge in [0.2, 0.25) is 0 Å². The van der Waals surface area contributed by atoms with Gasteiger partial charge in [-0.1, -0.05) is 40.5 Å². The van der Waals surface area contributed by atoms with E-state index < -0.39 is 5.91 Å². The molecule has 3 aromatic rings. The van der Waals surface area contributed by atoms with Crippen molar-refractivity contribution >= 4 is 34.8 Å². The first-order valence-corrected chi connectivity index (χ1v) is 7.38. The average molecular weight is 348 g/mol. The van der Waals surface area contributed by atoms with Gasteiger partial charge in [0.05, 0.1) is 22.6 Å². The molecule has 0 bridgehead atoms. The van der Waals surface area contributed by atoms with Crippen LogP contribution < -0.4 is 10.9 Å². The van der Waals surface area contributed by atoms with Gasteiger partial charge in [-0.15, -0.1) is 5.10 Å². The molecular weight excluding hydrogens is 337 g/mol. The van der Waals surface area contributed by atoms with E-state index in [2.05, 4.69) is 21.2 Å². The molecule has 0 saturated carbocycles. The maximum Gasteiger partial charge on any atom is 0.291 e. The van der Waals surface area contributed by atoms with E-state index in [0.717, 1.165) is 0 Å². The highest BCUT2D eigenvalue weighted by Crippen LogP contribution is 2.18. The molecule has 1 aromatic heterocycles. The number of para-hydroxylation sites is 1. The van der Waals surface area contributed by atoms with E-state index in [1.54, 1.807) is 36.4 Å². The number of amides is 1. The Morgan fingerprint density at radius 2 is 1.78 bits per heavy atom. The number of carbonyl (C=O) groups is 1. The minimum absolute atomic E-state index is 0.159.